The van der Waals surface area contributed by atoms with Gasteiger partial charge >= 0.3 is 0 Å². The molecule has 12 heavy (non-hydrogen) atoms. The number of carbonyl (C=O) groups is 1. The van der Waals surface area contributed by atoms with E-state index in [2.05, 4.69) is 15.9 Å². The maximum atomic E-state index is 10.2. The topological polar surface area (TPSA) is 26.3 Å². The number of ether oxygens (including phenoxy) is 1. The lowest BCUT2D eigenvalue weighted by Crippen LogP contribution is -2.18. The molecule has 1 heterocycles. The number of halogens is 1. The zero-order valence-electron chi connectivity index (χ0n) is 6.83. The predicted molar refractivity (Wildman–Crippen MR) is 52.2 cm³/mol. The van der Waals surface area contributed by atoms with Crippen molar-refractivity contribution in [1.82, 2.24) is 0 Å². The van der Waals surface area contributed by atoms with Crippen molar-refractivity contribution >= 4 is 33.7 Å². The van der Waals surface area contributed by atoms with Crippen LogP contribution in [-0.4, -0.2) is 6.47 Å². The molecule has 0 saturated heterocycles. The van der Waals surface area contributed by atoms with Crippen LogP contribution in [0.2, 0.25) is 0 Å². The first kappa shape index (κ1) is 9.74. The quantitative estimate of drug-likeness (QED) is 0.770. The summed E-state index contributed by atoms with van der Waals surface area (Å²) in [6.45, 7) is 4.20. The molecule has 0 N–H and O–H groups in total. The smallest absolute Gasteiger partial charge is 0.293 e. The molecule has 0 spiro atoms. The maximum Gasteiger partial charge on any atom is 0.293 e. The van der Waals surface area contributed by atoms with Crippen molar-refractivity contribution in [2.24, 2.45) is 0 Å². The first-order valence-electron chi connectivity index (χ1n) is 3.42. The molecule has 0 amide bonds. The Balaban J connectivity index is 2.88. The molecule has 0 fully saturated rings. The van der Waals surface area contributed by atoms with Crippen molar-refractivity contribution in [3.63, 3.8) is 0 Å². The molecule has 1 aromatic heterocycles. The zero-order valence-corrected chi connectivity index (χ0v) is 9.24. The molecule has 4 heteroatoms. The van der Waals surface area contributed by atoms with E-state index in [-0.39, 0.29) is 0 Å². The third kappa shape index (κ3) is 2.08. The van der Waals surface area contributed by atoms with Crippen LogP contribution in [0.5, 0.6) is 0 Å². The van der Waals surface area contributed by atoms with E-state index >= 15 is 0 Å². The molecule has 0 aliphatic heterocycles. The standard InChI is InChI=1S/C8H9BrO2S/c1-8(2,11-5-10)7-3-6(9)4-12-7/h3-5H,1-2H3. The van der Waals surface area contributed by atoms with Crippen LogP contribution in [0.1, 0.15) is 18.7 Å². The number of rotatable bonds is 3. The van der Waals surface area contributed by atoms with Crippen molar-refractivity contribution in [3.05, 3.63) is 20.8 Å². The number of hydrogen-bond donors (Lipinski definition) is 0. The predicted octanol–water partition coefficient (Wildman–Crippen LogP) is 2.92. The van der Waals surface area contributed by atoms with Crippen molar-refractivity contribution in [3.8, 4) is 0 Å². The maximum absolute atomic E-state index is 10.2. The largest absolute Gasteiger partial charge is 0.456 e. The monoisotopic (exact) mass is 248 g/mol. The van der Waals surface area contributed by atoms with E-state index in [4.69, 9.17) is 4.74 Å². The fourth-order valence-corrected chi connectivity index (χ4v) is 2.30. The Hall–Kier alpha value is -0.350. The van der Waals surface area contributed by atoms with Gasteiger partial charge in [0.1, 0.15) is 5.60 Å². The van der Waals surface area contributed by atoms with Gasteiger partial charge in [-0.05, 0) is 35.8 Å². The van der Waals surface area contributed by atoms with Crippen molar-refractivity contribution in [1.29, 1.82) is 0 Å². The van der Waals surface area contributed by atoms with Crippen molar-refractivity contribution in [2.75, 3.05) is 0 Å². The Bertz CT molecular complexity index is 280. The van der Waals surface area contributed by atoms with E-state index in [9.17, 15) is 4.79 Å². The molecular weight excluding hydrogens is 240 g/mol. The van der Waals surface area contributed by atoms with E-state index in [1.54, 1.807) is 11.3 Å². The van der Waals surface area contributed by atoms with Crippen LogP contribution >= 0.6 is 27.3 Å². The van der Waals surface area contributed by atoms with E-state index < -0.39 is 5.60 Å². The highest BCUT2D eigenvalue weighted by Gasteiger charge is 2.23. The van der Waals surface area contributed by atoms with Gasteiger partial charge in [0, 0.05) is 14.7 Å². The lowest BCUT2D eigenvalue weighted by atomic mass is 10.1. The summed E-state index contributed by atoms with van der Waals surface area (Å²) in [6, 6.07) is 1.95. The van der Waals surface area contributed by atoms with Gasteiger partial charge in [-0.15, -0.1) is 11.3 Å². The molecule has 0 aliphatic carbocycles. The van der Waals surface area contributed by atoms with E-state index in [1.165, 1.54) is 0 Å². The molecular formula is C8H9BrO2S. The second kappa shape index (κ2) is 3.58. The minimum atomic E-state index is -0.515. The van der Waals surface area contributed by atoms with Crippen molar-refractivity contribution < 1.29 is 9.53 Å². The van der Waals surface area contributed by atoms with Gasteiger partial charge in [0.25, 0.3) is 6.47 Å². The Morgan fingerprint density at radius 3 is 2.75 bits per heavy atom. The van der Waals surface area contributed by atoms with Gasteiger partial charge in [-0.3, -0.25) is 4.79 Å². The molecule has 0 saturated carbocycles. The summed E-state index contributed by atoms with van der Waals surface area (Å²) in [5.41, 5.74) is -0.515. The Kier molecular flexibility index (Phi) is 2.90. The number of hydrogen-bond acceptors (Lipinski definition) is 3. The summed E-state index contributed by atoms with van der Waals surface area (Å²) in [7, 11) is 0. The fourth-order valence-electron chi connectivity index (χ4n) is 0.807. The van der Waals surface area contributed by atoms with Gasteiger partial charge in [-0.2, -0.15) is 0 Å². The second-order valence-electron chi connectivity index (χ2n) is 2.85. The molecule has 1 aromatic rings. The minimum Gasteiger partial charge on any atom is -0.456 e. The first-order valence-corrected chi connectivity index (χ1v) is 5.09. The molecule has 0 radical (unpaired) electrons. The lowest BCUT2D eigenvalue weighted by Gasteiger charge is -2.20. The van der Waals surface area contributed by atoms with Gasteiger partial charge in [-0.25, -0.2) is 0 Å². The average molecular weight is 249 g/mol. The van der Waals surface area contributed by atoms with Crippen LogP contribution in [-0.2, 0) is 15.1 Å². The summed E-state index contributed by atoms with van der Waals surface area (Å²) < 4.78 is 5.96. The molecule has 0 atom stereocenters. The SMILES string of the molecule is CC(C)(OC=O)c1cc(Br)cs1. The minimum absolute atomic E-state index is 0.480. The second-order valence-corrected chi connectivity index (χ2v) is 4.68. The molecule has 0 unspecified atom stereocenters. The van der Waals surface area contributed by atoms with Gasteiger partial charge in [0.15, 0.2) is 0 Å². The Labute approximate surface area is 83.7 Å². The summed E-state index contributed by atoms with van der Waals surface area (Å²) >= 11 is 4.91. The van der Waals surface area contributed by atoms with Crippen LogP contribution < -0.4 is 0 Å². The highest BCUT2D eigenvalue weighted by Crippen LogP contribution is 2.31. The van der Waals surface area contributed by atoms with Crippen LogP contribution in [0.15, 0.2) is 15.9 Å². The third-order valence-electron chi connectivity index (χ3n) is 1.50. The van der Waals surface area contributed by atoms with Crippen molar-refractivity contribution in [2.45, 2.75) is 19.4 Å². The van der Waals surface area contributed by atoms with Crippen LogP contribution in [0.4, 0.5) is 0 Å². The van der Waals surface area contributed by atoms with E-state index in [0.29, 0.717) is 6.47 Å². The first-order chi connectivity index (χ1) is 5.56. The summed E-state index contributed by atoms with van der Waals surface area (Å²) in [6.07, 6.45) is 0. The fraction of sp³-hybridized carbons (Fsp3) is 0.375. The van der Waals surface area contributed by atoms with Gasteiger partial charge in [-0.1, -0.05) is 0 Å². The number of carbonyl (C=O) groups excluding carboxylic acids is 1. The molecule has 0 aliphatic rings. The third-order valence-corrected chi connectivity index (χ3v) is 3.50. The van der Waals surface area contributed by atoms with E-state index in [0.717, 1.165) is 9.35 Å². The van der Waals surface area contributed by atoms with E-state index in [1.807, 2.05) is 25.3 Å². The molecule has 0 aromatic carbocycles. The lowest BCUT2D eigenvalue weighted by molar-refractivity contribution is -0.140. The summed E-state index contributed by atoms with van der Waals surface area (Å²) in [5.74, 6) is 0. The Morgan fingerprint density at radius 1 is 1.67 bits per heavy atom. The summed E-state index contributed by atoms with van der Waals surface area (Å²) in [4.78, 5) is 11.2. The highest BCUT2D eigenvalue weighted by atomic mass is 79.9. The van der Waals surface area contributed by atoms with Gasteiger partial charge < -0.3 is 4.74 Å². The molecule has 0 bridgehead atoms. The van der Waals surface area contributed by atoms with Crippen LogP contribution in [0.3, 0.4) is 0 Å². The number of thiophene rings is 1. The van der Waals surface area contributed by atoms with Gasteiger partial charge in [0.2, 0.25) is 0 Å². The molecule has 1 rings (SSSR count). The normalized spacial score (nSPS) is 11.2. The zero-order chi connectivity index (χ0) is 9.19. The van der Waals surface area contributed by atoms with Gasteiger partial charge in [0.05, 0.1) is 0 Å². The highest BCUT2D eigenvalue weighted by molar-refractivity contribution is 9.10. The average Bonchev–Trinajstić information content (AvgIpc) is 2.36. The van der Waals surface area contributed by atoms with Crippen LogP contribution in [0, 0.1) is 0 Å². The van der Waals surface area contributed by atoms with Crippen LogP contribution in [0.25, 0.3) is 0 Å². The Morgan fingerprint density at radius 2 is 2.33 bits per heavy atom. The summed E-state index contributed by atoms with van der Waals surface area (Å²) in [5, 5.41) is 1.96. The molecule has 66 valence electrons. The molecule has 2 nitrogen and oxygen atoms in total.